The monoisotopic (exact) mass is 178 g/mol. The van der Waals surface area contributed by atoms with E-state index in [4.69, 9.17) is 5.11 Å². The number of carbonyl (C=O) groups is 1. The summed E-state index contributed by atoms with van der Waals surface area (Å²) in [7, 11) is 0. The molecule has 0 heterocycles. The molecule has 0 saturated carbocycles. The molecule has 0 fully saturated rings. The van der Waals surface area contributed by atoms with Crippen LogP contribution < -0.4 is 29.6 Å². The molecule has 0 saturated heterocycles. The van der Waals surface area contributed by atoms with Crippen molar-refractivity contribution in [2.45, 2.75) is 4.90 Å². The molecule has 0 amide bonds. The first-order valence-corrected chi connectivity index (χ1v) is 3.17. The van der Waals surface area contributed by atoms with Gasteiger partial charge in [-0.2, -0.15) is 0 Å². The van der Waals surface area contributed by atoms with Crippen LogP contribution in [0.1, 0.15) is 11.8 Å². The first kappa shape index (κ1) is 11.0. The molecular weight excluding hydrogens is 171 g/mol. The Kier molecular flexibility index (Phi) is 4.84. The molecule has 0 radical (unpaired) electrons. The molecule has 11 heavy (non-hydrogen) atoms. The first-order valence-electron chi connectivity index (χ1n) is 2.72. The molecule has 0 aliphatic carbocycles. The summed E-state index contributed by atoms with van der Waals surface area (Å²) in [6, 6.07) is 6.33. The van der Waals surface area contributed by atoms with E-state index in [1.54, 1.807) is 12.1 Å². The number of hydrogen-bond acceptors (Lipinski definition) is 2. The van der Waals surface area contributed by atoms with E-state index in [0.29, 0.717) is 0 Å². The summed E-state index contributed by atoms with van der Waals surface area (Å²) < 4.78 is 0. The number of aromatic carboxylic acids is 1. The van der Waals surface area contributed by atoms with E-state index in [2.05, 4.69) is 12.6 Å². The molecule has 0 aromatic heterocycles. The van der Waals surface area contributed by atoms with Gasteiger partial charge in [0.1, 0.15) is 0 Å². The topological polar surface area (TPSA) is 37.3 Å². The minimum absolute atomic E-state index is 0. The Morgan fingerprint density at radius 2 is 1.82 bits per heavy atom. The fraction of sp³-hybridized carbons (Fsp3) is 0. The summed E-state index contributed by atoms with van der Waals surface area (Å²) in [4.78, 5) is 11.1. The van der Waals surface area contributed by atoms with Crippen LogP contribution in [0.15, 0.2) is 29.2 Å². The van der Waals surface area contributed by atoms with Crippen molar-refractivity contribution in [2.24, 2.45) is 0 Å². The zero-order valence-corrected chi connectivity index (χ0v) is 9.01. The first-order chi connectivity index (χ1) is 4.70. The normalized spacial score (nSPS) is 8.45. The quantitative estimate of drug-likeness (QED) is 0.418. The third-order valence-corrected chi connectivity index (χ3v) is 1.41. The molecule has 1 aromatic carbocycles. The van der Waals surface area contributed by atoms with Gasteiger partial charge in [-0.15, -0.1) is 12.6 Å². The van der Waals surface area contributed by atoms with E-state index in [1.807, 2.05) is 0 Å². The van der Waals surface area contributed by atoms with Crippen molar-refractivity contribution in [3.8, 4) is 0 Å². The second kappa shape index (κ2) is 4.83. The molecule has 54 valence electrons. The molecular formula is C7H7NaO2S. The minimum Gasteiger partial charge on any atom is -1.00 e. The van der Waals surface area contributed by atoms with E-state index >= 15 is 0 Å². The smallest absolute Gasteiger partial charge is 1.00 e. The Hall–Kier alpha value is 0.0400. The Morgan fingerprint density at radius 3 is 2.18 bits per heavy atom. The Balaban J connectivity index is 0. The van der Waals surface area contributed by atoms with Crippen molar-refractivity contribution in [1.82, 2.24) is 0 Å². The number of carboxylic acid groups (broad SMARTS) is 1. The van der Waals surface area contributed by atoms with Gasteiger partial charge in [-0.25, -0.2) is 4.79 Å². The number of hydrogen-bond donors (Lipinski definition) is 2. The van der Waals surface area contributed by atoms with Crippen LogP contribution in [0.3, 0.4) is 0 Å². The van der Waals surface area contributed by atoms with E-state index in [-0.39, 0.29) is 36.5 Å². The Labute approximate surface area is 93.8 Å². The van der Waals surface area contributed by atoms with Crippen LogP contribution in [-0.4, -0.2) is 11.1 Å². The van der Waals surface area contributed by atoms with Gasteiger partial charge in [-0.1, -0.05) is 0 Å². The SMILES string of the molecule is O=C(O)c1ccc(S)cc1.[H-].[Na+]. The molecule has 4 heteroatoms. The minimum atomic E-state index is -0.909. The second-order valence-corrected chi connectivity index (χ2v) is 2.37. The molecule has 0 unspecified atom stereocenters. The zero-order chi connectivity index (χ0) is 7.56. The van der Waals surface area contributed by atoms with Gasteiger partial charge in [0, 0.05) is 4.90 Å². The van der Waals surface area contributed by atoms with Gasteiger partial charge in [0.05, 0.1) is 5.56 Å². The molecule has 0 bridgehead atoms. The van der Waals surface area contributed by atoms with Crippen LogP contribution in [-0.2, 0) is 0 Å². The molecule has 1 aromatic rings. The van der Waals surface area contributed by atoms with Crippen LogP contribution in [0.25, 0.3) is 0 Å². The van der Waals surface area contributed by atoms with Gasteiger partial charge in [-0.3, -0.25) is 0 Å². The van der Waals surface area contributed by atoms with Crippen molar-refractivity contribution in [3.63, 3.8) is 0 Å². The predicted molar refractivity (Wildman–Crippen MR) is 41.8 cm³/mol. The molecule has 0 aliphatic rings. The maximum absolute atomic E-state index is 10.3. The van der Waals surface area contributed by atoms with Crippen LogP contribution >= 0.6 is 12.6 Å². The number of carboxylic acids is 1. The third kappa shape index (κ3) is 3.29. The van der Waals surface area contributed by atoms with Crippen LogP contribution in [0.2, 0.25) is 0 Å². The molecule has 0 aliphatic heterocycles. The summed E-state index contributed by atoms with van der Waals surface area (Å²) in [5.41, 5.74) is 0.290. The molecule has 1 rings (SSSR count). The average Bonchev–Trinajstić information content (AvgIpc) is 1.88. The third-order valence-electron chi connectivity index (χ3n) is 1.11. The summed E-state index contributed by atoms with van der Waals surface area (Å²) in [5, 5.41) is 8.45. The number of thiol groups is 1. The molecule has 2 nitrogen and oxygen atoms in total. The predicted octanol–water partition coefficient (Wildman–Crippen LogP) is -1.21. The van der Waals surface area contributed by atoms with E-state index < -0.39 is 5.97 Å². The summed E-state index contributed by atoms with van der Waals surface area (Å²) >= 11 is 4.01. The van der Waals surface area contributed by atoms with Gasteiger partial charge in [0.25, 0.3) is 0 Å². The molecule has 1 N–H and O–H groups in total. The Bertz CT molecular complexity index is 250. The summed E-state index contributed by atoms with van der Waals surface area (Å²) in [6.07, 6.45) is 0. The number of benzene rings is 1. The van der Waals surface area contributed by atoms with E-state index in [0.717, 1.165) is 4.90 Å². The zero-order valence-electron chi connectivity index (χ0n) is 7.11. The largest absolute Gasteiger partial charge is 1.00 e. The number of rotatable bonds is 1. The maximum atomic E-state index is 10.3. The van der Waals surface area contributed by atoms with Crippen molar-refractivity contribution in [1.29, 1.82) is 0 Å². The van der Waals surface area contributed by atoms with Gasteiger partial charge in [0.2, 0.25) is 0 Å². The average molecular weight is 178 g/mol. The van der Waals surface area contributed by atoms with Gasteiger partial charge < -0.3 is 6.53 Å². The Morgan fingerprint density at radius 1 is 1.36 bits per heavy atom. The van der Waals surface area contributed by atoms with Gasteiger partial charge in [-0.05, 0) is 24.3 Å². The van der Waals surface area contributed by atoms with Gasteiger partial charge in [0.15, 0.2) is 0 Å². The fourth-order valence-corrected chi connectivity index (χ4v) is 0.753. The standard InChI is InChI=1S/C7H6O2S.Na.H/c8-7(9)5-1-3-6(10)4-2-5;;/h1-4,10H,(H,8,9);;/q;+1;-1. The van der Waals surface area contributed by atoms with E-state index in [1.165, 1.54) is 12.1 Å². The fourth-order valence-electron chi connectivity index (χ4n) is 0.604. The summed E-state index contributed by atoms with van der Waals surface area (Å²) in [5.74, 6) is -0.909. The van der Waals surface area contributed by atoms with Crippen molar-refractivity contribution < 1.29 is 40.9 Å². The molecule has 0 spiro atoms. The van der Waals surface area contributed by atoms with E-state index in [9.17, 15) is 4.79 Å². The molecule has 0 atom stereocenters. The van der Waals surface area contributed by atoms with Crippen molar-refractivity contribution >= 4 is 18.6 Å². The maximum Gasteiger partial charge on any atom is 1.00 e. The second-order valence-electron chi connectivity index (χ2n) is 1.85. The van der Waals surface area contributed by atoms with Crippen molar-refractivity contribution in [2.75, 3.05) is 0 Å². The van der Waals surface area contributed by atoms with Crippen molar-refractivity contribution in [3.05, 3.63) is 29.8 Å². The summed E-state index contributed by atoms with van der Waals surface area (Å²) in [6.45, 7) is 0. The van der Waals surface area contributed by atoms with Crippen LogP contribution in [0.4, 0.5) is 0 Å². The van der Waals surface area contributed by atoms with Crippen LogP contribution in [0.5, 0.6) is 0 Å². The van der Waals surface area contributed by atoms with Gasteiger partial charge >= 0.3 is 35.5 Å². The van der Waals surface area contributed by atoms with Crippen LogP contribution in [0, 0.1) is 0 Å².